The lowest BCUT2D eigenvalue weighted by atomic mass is 9.79. The van der Waals surface area contributed by atoms with E-state index in [1.54, 1.807) is 24.3 Å². The molecule has 4 rings (SSSR count). The number of nitriles is 1. The predicted molar refractivity (Wildman–Crippen MR) is 98.8 cm³/mol. The van der Waals surface area contributed by atoms with Gasteiger partial charge in [0, 0.05) is 26.6 Å². The van der Waals surface area contributed by atoms with E-state index in [1.165, 1.54) is 18.2 Å². The zero-order valence-corrected chi connectivity index (χ0v) is 14.7. The van der Waals surface area contributed by atoms with Crippen molar-refractivity contribution in [3.8, 4) is 11.8 Å². The largest absolute Gasteiger partial charge is 0.441 e. The number of halogens is 2. The first-order valence-electron chi connectivity index (χ1n) is 7.68. The second kappa shape index (κ2) is 6.20. The molecule has 2 aromatic carbocycles. The van der Waals surface area contributed by atoms with Crippen LogP contribution in [0, 0.1) is 28.5 Å². The molecule has 0 saturated carbocycles. The SMILES string of the molecule is N#CC1C(=N)Oc2c(c(=O)sc3ccccc23)C1c1c(F)cccc1Cl. The Morgan fingerprint density at radius 1 is 1.19 bits per heavy atom. The number of rotatable bonds is 1. The summed E-state index contributed by atoms with van der Waals surface area (Å²) in [6.07, 6.45) is 0. The van der Waals surface area contributed by atoms with Crippen molar-refractivity contribution < 1.29 is 9.13 Å². The molecule has 2 heterocycles. The summed E-state index contributed by atoms with van der Waals surface area (Å²) in [5, 5.41) is 18.5. The molecule has 2 atom stereocenters. The first-order valence-corrected chi connectivity index (χ1v) is 8.88. The lowest BCUT2D eigenvalue weighted by Gasteiger charge is -2.30. The first kappa shape index (κ1) is 16.7. The van der Waals surface area contributed by atoms with Gasteiger partial charge in [-0.25, -0.2) is 4.39 Å². The molecule has 0 aliphatic carbocycles. The van der Waals surface area contributed by atoms with Gasteiger partial charge in [-0.1, -0.05) is 41.1 Å². The normalized spacial score (nSPS) is 18.9. The highest BCUT2D eigenvalue weighted by Gasteiger charge is 2.42. The van der Waals surface area contributed by atoms with Crippen molar-refractivity contribution in [2.75, 3.05) is 0 Å². The minimum Gasteiger partial charge on any atom is -0.441 e. The van der Waals surface area contributed by atoms with Crippen LogP contribution in [0.4, 0.5) is 4.39 Å². The van der Waals surface area contributed by atoms with E-state index in [9.17, 15) is 14.4 Å². The van der Waals surface area contributed by atoms with Gasteiger partial charge in [-0.15, -0.1) is 0 Å². The molecule has 128 valence electrons. The van der Waals surface area contributed by atoms with Crippen molar-refractivity contribution in [2.45, 2.75) is 5.92 Å². The Morgan fingerprint density at radius 3 is 2.69 bits per heavy atom. The minimum atomic E-state index is -1.14. The maximum Gasteiger partial charge on any atom is 0.240 e. The Morgan fingerprint density at radius 2 is 1.96 bits per heavy atom. The van der Waals surface area contributed by atoms with Crippen LogP contribution >= 0.6 is 22.9 Å². The fraction of sp³-hybridized carbons (Fsp3) is 0.105. The molecule has 26 heavy (non-hydrogen) atoms. The van der Waals surface area contributed by atoms with Crippen molar-refractivity contribution in [3.63, 3.8) is 0 Å². The third kappa shape index (κ3) is 2.40. The van der Waals surface area contributed by atoms with Crippen LogP contribution in [0.2, 0.25) is 5.02 Å². The molecule has 0 saturated heterocycles. The number of hydrogen-bond donors (Lipinski definition) is 1. The molecule has 4 nitrogen and oxygen atoms in total. The summed E-state index contributed by atoms with van der Waals surface area (Å²) in [6.45, 7) is 0. The van der Waals surface area contributed by atoms with Crippen molar-refractivity contribution in [3.05, 3.63) is 74.0 Å². The number of nitrogens with zero attached hydrogens (tertiary/aromatic N) is 1. The van der Waals surface area contributed by atoms with E-state index >= 15 is 0 Å². The number of hydrogen-bond acceptors (Lipinski definition) is 5. The summed E-state index contributed by atoms with van der Waals surface area (Å²) in [5.41, 5.74) is 0.206. The van der Waals surface area contributed by atoms with Crippen molar-refractivity contribution in [1.29, 1.82) is 10.7 Å². The predicted octanol–water partition coefficient (Wildman–Crippen LogP) is 4.70. The fourth-order valence-corrected chi connectivity index (χ4v) is 4.48. The van der Waals surface area contributed by atoms with Crippen LogP contribution in [-0.2, 0) is 0 Å². The molecular formula is C19H10ClFN2O2S. The Balaban J connectivity index is 2.13. The molecule has 0 spiro atoms. The molecule has 0 bridgehead atoms. The minimum absolute atomic E-state index is 0.0367. The van der Waals surface area contributed by atoms with Crippen LogP contribution < -0.4 is 9.48 Å². The Labute approximate surface area is 156 Å². The molecule has 2 unspecified atom stereocenters. The van der Waals surface area contributed by atoms with E-state index in [-0.39, 0.29) is 32.5 Å². The van der Waals surface area contributed by atoms with E-state index in [0.29, 0.717) is 10.1 Å². The van der Waals surface area contributed by atoms with Crippen molar-refractivity contribution in [2.24, 2.45) is 5.92 Å². The molecule has 0 amide bonds. The highest BCUT2D eigenvalue weighted by Crippen LogP contribution is 2.46. The summed E-state index contributed by atoms with van der Waals surface area (Å²) < 4.78 is 20.5. The third-order valence-electron chi connectivity index (χ3n) is 4.39. The maximum absolute atomic E-state index is 14.6. The van der Waals surface area contributed by atoms with Crippen LogP contribution in [0.5, 0.6) is 5.75 Å². The number of ether oxygens (including phenoxy) is 1. The van der Waals surface area contributed by atoms with Gasteiger partial charge in [0.2, 0.25) is 10.6 Å². The topological polar surface area (TPSA) is 73.9 Å². The number of benzene rings is 2. The van der Waals surface area contributed by atoms with E-state index in [2.05, 4.69) is 0 Å². The molecule has 1 aromatic heterocycles. The van der Waals surface area contributed by atoms with Crippen LogP contribution in [0.3, 0.4) is 0 Å². The standard InChI is InChI=1S/C19H10ClFN2O2S/c20-11-5-3-6-12(21)15(11)14-10(8-22)18(23)25-17-9-4-1-2-7-13(9)26-19(24)16(14)17/h1-7,10,14,23H. The van der Waals surface area contributed by atoms with Gasteiger partial charge < -0.3 is 4.74 Å². The summed E-state index contributed by atoms with van der Waals surface area (Å²) >= 11 is 7.21. The van der Waals surface area contributed by atoms with Crippen LogP contribution in [-0.4, -0.2) is 5.90 Å². The molecule has 3 aromatic rings. The van der Waals surface area contributed by atoms with Crippen LogP contribution in [0.1, 0.15) is 17.0 Å². The lowest BCUT2D eigenvalue weighted by molar-refractivity contribution is 0.448. The number of nitrogens with one attached hydrogen (secondary N) is 1. The van der Waals surface area contributed by atoms with Gasteiger partial charge >= 0.3 is 0 Å². The quantitative estimate of drug-likeness (QED) is 0.661. The molecule has 1 N–H and O–H groups in total. The first-order chi connectivity index (χ1) is 12.5. The summed E-state index contributed by atoms with van der Waals surface area (Å²) in [7, 11) is 0. The highest BCUT2D eigenvalue weighted by molar-refractivity contribution is 7.16. The molecule has 1 aliphatic rings. The van der Waals surface area contributed by atoms with Crippen molar-refractivity contribution in [1.82, 2.24) is 0 Å². The van der Waals surface area contributed by atoms with Gasteiger partial charge in [-0.3, -0.25) is 10.2 Å². The zero-order valence-electron chi connectivity index (χ0n) is 13.1. The second-order valence-electron chi connectivity index (χ2n) is 5.81. The van der Waals surface area contributed by atoms with Crippen molar-refractivity contribution >= 4 is 38.9 Å². The average molecular weight is 385 g/mol. The average Bonchev–Trinajstić information content (AvgIpc) is 2.61. The summed E-state index contributed by atoms with van der Waals surface area (Å²) in [5.74, 6) is -2.90. The fourth-order valence-electron chi connectivity index (χ4n) is 3.26. The van der Waals surface area contributed by atoms with Gasteiger partial charge in [-0.2, -0.15) is 5.26 Å². The second-order valence-corrected chi connectivity index (χ2v) is 7.24. The molecule has 1 aliphatic heterocycles. The Bertz CT molecular complexity index is 1150. The Hall–Kier alpha value is -2.75. The van der Waals surface area contributed by atoms with Gasteiger partial charge in [0.15, 0.2) is 0 Å². The van der Waals surface area contributed by atoms with E-state index in [0.717, 1.165) is 11.3 Å². The van der Waals surface area contributed by atoms with E-state index in [1.807, 2.05) is 6.07 Å². The van der Waals surface area contributed by atoms with Gasteiger partial charge in [0.25, 0.3) is 0 Å². The summed E-state index contributed by atoms with van der Waals surface area (Å²) in [6, 6.07) is 13.3. The van der Waals surface area contributed by atoms with Gasteiger partial charge in [0.1, 0.15) is 17.5 Å². The van der Waals surface area contributed by atoms with Gasteiger partial charge in [0.05, 0.1) is 11.6 Å². The lowest BCUT2D eigenvalue weighted by Crippen LogP contribution is -2.34. The zero-order chi connectivity index (χ0) is 18.4. The molecular weight excluding hydrogens is 375 g/mol. The van der Waals surface area contributed by atoms with Gasteiger partial charge in [-0.05, 0) is 24.3 Å². The summed E-state index contributed by atoms with van der Waals surface area (Å²) in [4.78, 5) is 12.8. The molecule has 7 heteroatoms. The number of fused-ring (bicyclic) bond motifs is 3. The maximum atomic E-state index is 14.6. The molecule has 0 radical (unpaired) electrons. The van der Waals surface area contributed by atoms with Crippen LogP contribution in [0.25, 0.3) is 10.1 Å². The third-order valence-corrected chi connectivity index (χ3v) is 5.70. The van der Waals surface area contributed by atoms with E-state index in [4.69, 9.17) is 21.7 Å². The smallest absolute Gasteiger partial charge is 0.240 e. The molecule has 0 fully saturated rings. The Kier molecular flexibility index (Phi) is 3.98. The van der Waals surface area contributed by atoms with Crippen LogP contribution in [0.15, 0.2) is 47.3 Å². The van der Waals surface area contributed by atoms with E-state index < -0.39 is 17.7 Å². The highest BCUT2D eigenvalue weighted by atomic mass is 35.5. The monoisotopic (exact) mass is 384 g/mol.